The van der Waals surface area contributed by atoms with Crippen molar-refractivity contribution in [1.29, 1.82) is 0 Å². The Morgan fingerprint density at radius 1 is 1.47 bits per heavy atom. The van der Waals surface area contributed by atoms with Crippen molar-refractivity contribution in [3.05, 3.63) is 24.3 Å². The molecule has 0 aliphatic carbocycles. The van der Waals surface area contributed by atoms with E-state index in [0.717, 1.165) is 11.4 Å². The maximum atomic E-state index is 12.0. The average molecular weight is 236 g/mol. The molecule has 17 heavy (non-hydrogen) atoms. The summed E-state index contributed by atoms with van der Waals surface area (Å²) < 4.78 is 5.12. The third-order valence-electron chi connectivity index (χ3n) is 2.42. The van der Waals surface area contributed by atoms with Gasteiger partial charge in [-0.2, -0.15) is 0 Å². The van der Waals surface area contributed by atoms with E-state index < -0.39 is 5.54 Å². The molecule has 0 spiro atoms. The number of methoxy groups -OCH3 is 1. The third kappa shape index (κ3) is 4.07. The van der Waals surface area contributed by atoms with Gasteiger partial charge < -0.3 is 15.4 Å². The van der Waals surface area contributed by atoms with Gasteiger partial charge in [0.1, 0.15) is 5.75 Å². The number of benzene rings is 1. The van der Waals surface area contributed by atoms with Crippen LogP contribution < -0.4 is 15.4 Å². The van der Waals surface area contributed by atoms with E-state index in [-0.39, 0.29) is 5.91 Å². The summed E-state index contributed by atoms with van der Waals surface area (Å²) in [6, 6.07) is 7.38. The van der Waals surface area contributed by atoms with Crippen molar-refractivity contribution in [2.45, 2.75) is 25.8 Å². The molecule has 1 aromatic rings. The maximum absolute atomic E-state index is 12.0. The summed E-state index contributed by atoms with van der Waals surface area (Å²) in [6.45, 7) is 3.68. The van der Waals surface area contributed by atoms with E-state index in [9.17, 15) is 4.79 Å². The van der Waals surface area contributed by atoms with Crippen LogP contribution in [-0.2, 0) is 4.79 Å². The van der Waals surface area contributed by atoms with Gasteiger partial charge in [0.2, 0.25) is 5.91 Å². The third-order valence-corrected chi connectivity index (χ3v) is 2.42. The molecule has 1 amide bonds. The second-order valence-electron chi connectivity index (χ2n) is 4.82. The minimum absolute atomic E-state index is 0.00856. The number of nitrogens with two attached hydrogens (primary N) is 1. The second kappa shape index (κ2) is 5.19. The Labute approximate surface area is 102 Å². The molecule has 0 saturated heterocycles. The number of carbonyl (C=O) groups is 1. The Bertz CT molecular complexity index is 397. The molecule has 0 aliphatic heterocycles. The highest BCUT2D eigenvalue weighted by atomic mass is 16.5. The van der Waals surface area contributed by atoms with Crippen LogP contribution in [0, 0.1) is 0 Å². The number of ether oxygens (including phenoxy) is 1. The normalized spacial score (nSPS) is 11.1. The number of hydrogen-bond acceptors (Lipinski definition) is 3. The summed E-state index contributed by atoms with van der Waals surface area (Å²) in [4.78, 5) is 13.6. The standard InChI is InChI=1S/C13H20N2O2/c1-13(2,14)9-12(16)15(3)10-6-5-7-11(8-10)17-4/h5-8H,9,14H2,1-4H3. The van der Waals surface area contributed by atoms with Crippen molar-refractivity contribution < 1.29 is 9.53 Å². The Hall–Kier alpha value is -1.55. The summed E-state index contributed by atoms with van der Waals surface area (Å²) in [5, 5.41) is 0. The number of nitrogens with zero attached hydrogens (tertiary/aromatic N) is 1. The largest absolute Gasteiger partial charge is 0.497 e. The first-order valence-electron chi connectivity index (χ1n) is 5.53. The zero-order chi connectivity index (χ0) is 13.1. The topological polar surface area (TPSA) is 55.6 Å². The molecule has 0 aromatic heterocycles. The van der Waals surface area contributed by atoms with Gasteiger partial charge in [-0.3, -0.25) is 4.79 Å². The summed E-state index contributed by atoms with van der Waals surface area (Å²) in [5.41, 5.74) is 6.14. The van der Waals surface area contributed by atoms with Crippen molar-refractivity contribution >= 4 is 11.6 Å². The fourth-order valence-electron chi connectivity index (χ4n) is 1.47. The van der Waals surface area contributed by atoms with E-state index in [1.54, 1.807) is 19.1 Å². The molecule has 0 atom stereocenters. The van der Waals surface area contributed by atoms with Gasteiger partial charge in [0.15, 0.2) is 0 Å². The van der Waals surface area contributed by atoms with Gasteiger partial charge in [-0.15, -0.1) is 0 Å². The van der Waals surface area contributed by atoms with E-state index in [1.165, 1.54) is 0 Å². The molecular weight excluding hydrogens is 216 g/mol. The minimum Gasteiger partial charge on any atom is -0.497 e. The predicted molar refractivity (Wildman–Crippen MR) is 69.3 cm³/mol. The lowest BCUT2D eigenvalue weighted by molar-refractivity contribution is -0.119. The molecular formula is C13H20N2O2. The highest BCUT2D eigenvalue weighted by molar-refractivity contribution is 5.93. The SMILES string of the molecule is COc1cccc(N(C)C(=O)CC(C)(C)N)c1. The summed E-state index contributed by atoms with van der Waals surface area (Å²) in [6.07, 6.45) is 0.306. The van der Waals surface area contributed by atoms with Gasteiger partial charge in [0.05, 0.1) is 7.11 Å². The number of hydrogen-bond donors (Lipinski definition) is 1. The molecule has 0 heterocycles. The number of rotatable bonds is 4. The van der Waals surface area contributed by atoms with E-state index in [1.807, 2.05) is 38.1 Å². The minimum atomic E-state index is -0.496. The van der Waals surface area contributed by atoms with Crippen molar-refractivity contribution in [1.82, 2.24) is 0 Å². The zero-order valence-electron chi connectivity index (χ0n) is 10.9. The van der Waals surface area contributed by atoms with Gasteiger partial charge in [-0.25, -0.2) is 0 Å². The number of amides is 1. The lowest BCUT2D eigenvalue weighted by Gasteiger charge is -2.23. The van der Waals surface area contributed by atoms with E-state index in [2.05, 4.69) is 0 Å². The summed E-state index contributed by atoms with van der Waals surface area (Å²) in [7, 11) is 3.34. The Morgan fingerprint density at radius 2 is 2.12 bits per heavy atom. The first kappa shape index (κ1) is 13.5. The fraction of sp³-hybridized carbons (Fsp3) is 0.462. The second-order valence-corrected chi connectivity index (χ2v) is 4.82. The van der Waals surface area contributed by atoms with Gasteiger partial charge in [-0.1, -0.05) is 6.07 Å². The van der Waals surface area contributed by atoms with Gasteiger partial charge in [0.25, 0.3) is 0 Å². The van der Waals surface area contributed by atoms with E-state index >= 15 is 0 Å². The highest BCUT2D eigenvalue weighted by Gasteiger charge is 2.20. The lowest BCUT2D eigenvalue weighted by Crippen LogP contribution is -2.39. The maximum Gasteiger partial charge on any atom is 0.228 e. The predicted octanol–water partition coefficient (Wildman–Crippen LogP) is 1.79. The molecule has 0 unspecified atom stereocenters. The van der Waals surface area contributed by atoms with Crippen molar-refractivity contribution in [2.75, 3.05) is 19.1 Å². The Balaban J connectivity index is 2.81. The summed E-state index contributed by atoms with van der Waals surface area (Å²) in [5.74, 6) is 0.722. The van der Waals surface area contributed by atoms with E-state index in [4.69, 9.17) is 10.5 Å². The molecule has 1 aromatic carbocycles. The van der Waals surface area contributed by atoms with Crippen LogP contribution in [0.4, 0.5) is 5.69 Å². The molecule has 4 nitrogen and oxygen atoms in total. The molecule has 1 rings (SSSR count). The van der Waals surface area contributed by atoms with Crippen LogP contribution in [0.5, 0.6) is 5.75 Å². The molecule has 4 heteroatoms. The van der Waals surface area contributed by atoms with Gasteiger partial charge >= 0.3 is 0 Å². The quantitative estimate of drug-likeness (QED) is 0.867. The fourth-order valence-corrected chi connectivity index (χ4v) is 1.47. The van der Waals surface area contributed by atoms with Crippen molar-refractivity contribution in [3.63, 3.8) is 0 Å². The van der Waals surface area contributed by atoms with Crippen LogP contribution in [0.3, 0.4) is 0 Å². The average Bonchev–Trinajstić information content (AvgIpc) is 2.26. The molecule has 0 fully saturated rings. The van der Waals surface area contributed by atoms with Crippen LogP contribution in [-0.4, -0.2) is 25.6 Å². The van der Waals surface area contributed by atoms with Crippen LogP contribution >= 0.6 is 0 Å². The van der Waals surface area contributed by atoms with Crippen LogP contribution in [0.2, 0.25) is 0 Å². The molecule has 0 bridgehead atoms. The first-order chi connectivity index (χ1) is 7.83. The molecule has 0 radical (unpaired) electrons. The van der Waals surface area contributed by atoms with Gasteiger partial charge in [-0.05, 0) is 26.0 Å². The smallest absolute Gasteiger partial charge is 0.228 e. The molecule has 94 valence electrons. The zero-order valence-corrected chi connectivity index (χ0v) is 10.9. The van der Waals surface area contributed by atoms with Crippen LogP contribution in [0.25, 0.3) is 0 Å². The van der Waals surface area contributed by atoms with E-state index in [0.29, 0.717) is 6.42 Å². The van der Waals surface area contributed by atoms with Crippen LogP contribution in [0.1, 0.15) is 20.3 Å². The molecule has 0 saturated carbocycles. The number of anilines is 1. The van der Waals surface area contributed by atoms with Crippen molar-refractivity contribution in [2.24, 2.45) is 5.73 Å². The van der Waals surface area contributed by atoms with Gasteiger partial charge in [0, 0.05) is 30.8 Å². The summed E-state index contributed by atoms with van der Waals surface area (Å²) >= 11 is 0. The molecule has 2 N–H and O–H groups in total. The monoisotopic (exact) mass is 236 g/mol. The van der Waals surface area contributed by atoms with Crippen LogP contribution in [0.15, 0.2) is 24.3 Å². The Kier molecular flexibility index (Phi) is 4.12. The first-order valence-corrected chi connectivity index (χ1v) is 5.53. The Morgan fingerprint density at radius 3 is 2.65 bits per heavy atom. The molecule has 0 aliphatic rings. The number of carbonyl (C=O) groups excluding carboxylic acids is 1. The lowest BCUT2D eigenvalue weighted by atomic mass is 10.0. The highest BCUT2D eigenvalue weighted by Crippen LogP contribution is 2.21. The van der Waals surface area contributed by atoms with Crippen molar-refractivity contribution in [3.8, 4) is 5.75 Å².